The van der Waals surface area contributed by atoms with E-state index in [4.69, 9.17) is 27.9 Å². The summed E-state index contributed by atoms with van der Waals surface area (Å²) >= 11 is 12.7. The van der Waals surface area contributed by atoms with Crippen LogP contribution in [0.2, 0.25) is 10.0 Å². The molecule has 1 N–H and O–H groups in total. The van der Waals surface area contributed by atoms with E-state index >= 15 is 0 Å². The number of rotatable bonds is 12. The molecule has 2 amide bonds. The van der Waals surface area contributed by atoms with Gasteiger partial charge >= 0.3 is 0 Å². The van der Waals surface area contributed by atoms with Gasteiger partial charge in [-0.3, -0.25) is 13.9 Å². The van der Waals surface area contributed by atoms with Crippen molar-refractivity contribution < 1.29 is 22.7 Å². The number of anilines is 1. The number of sulfonamides is 1. The highest BCUT2D eigenvalue weighted by molar-refractivity contribution is 7.92. The van der Waals surface area contributed by atoms with Crippen molar-refractivity contribution in [2.24, 2.45) is 0 Å². The Hall–Kier alpha value is -3.27. The lowest BCUT2D eigenvalue weighted by molar-refractivity contribution is -0.139. The Morgan fingerprint density at radius 1 is 1.00 bits per heavy atom. The van der Waals surface area contributed by atoms with Gasteiger partial charge in [-0.2, -0.15) is 0 Å². The number of aryl methyl sites for hydroxylation is 1. The molecular weight excluding hydrogens is 585 g/mol. The highest BCUT2D eigenvalue weighted by atomic mass is 35.5. The van der Waals surface area contributed by atoms with Gasteiger partial charge in [0.1, 0.15) is 18.3 Å². The lowest BCUT2D eigenvalue weighted by Crippen LogP contribution is -2.52. The van der Waals surface area contributed by atoms with E-state index in [2.05, 4.69) is 5.32 Å². The summed E-state index contributed by atoms with van der Waals surface area (Å²) in [6.45, 7) is 6.61. The van der Waals surface area contributed by atoms with E-state index in [1.54, 1.807) is 49.4 Å². The topological polar surface area (TPSA) is 96.0 Å². The minimum atomic E-state index is -4.28. The summed E-state index contributed by atoms with van der Waals surface area (Å²) in [5.74, 6) is -0.777. The van der Waals surface area contributed by atoms with E-state index in [9.17, 15) is 18.0 Å². The van der Waals surface area contributed by atoms with Crippen LogP contribution in [-0.4, -0.2) is 50.9 Å². The van der Waals surface area contributed by atoms with Crippen LogP contribution >= 0.6 is 23.2 Å². The van der Waals surface area contributed by atoms with Gasteiger partial charge < -0.3 is 15.0 Å². The van der Waals surface area contributed by atoms with Gasteiger partial charge in [-0.1, -0.05) is 66.0 Å². The van der Waals surface area contributed by atoms with Gasteiger partial charge in [0.05, 0.1) is 17.7 Å². The van der Waals surface area contributed by atoms with Crippen molar-refractivity contribution in [3.63, 3.8) is 0 Å². The largest absolute Gasteiger partial charge is 0.495 e. The summed E-state index contributed by atoms with van der Waals surface area (Å²) in [6, 6.07) is 16.8. The van der Waals surface area contributed by atoms with Gasteiger partial charge in [0, 0.05) is 22.6 Å². The lowest BCUT2D eigenvalue weighted by Gasteiger charge is -2.33. The Kier molecular flexibility index (Phi) is 11.1. The first-order valence-electron chi connectivity index (χ1n) is 13.1. The molecule has 0 radical (unpaired) electrons. The molecule has 0 aromatic heterocycles. The number of benzene rings is 3. The fourth-order valence-corrected chi connectivity index (χ4v) is 5.85. The van der Waals surface area contributed by atoms with Crippen LogP contribution < -0.4 is 14.4 Å². The first kappa shape index (κ1) is 32.2. The molecule has 0 saturated heterocycles. The third-order valence-corrected chi connectivity index (χ3v) is 9.14. The van der Waals surface area contributed by atoms with E-state index < -0.39 is 28.5 Å². The van der Waals surface area contributed by atoms with Crippen LogP contribution in [0.3, 0.4) is 0 Å². The number of methoxy groups -OCH3 is 1. The molecule has 3 aromatic carbocycles. The number of hydrogen-bond acceptors (Lipinski definition) is 5. The minimum Gasteiger partial charge on any atom is -0.495 e. The molecular formula is C30H35Cl2N3O5S. The van der Waals surface area contributed by atoms with Crippen molar-refractivity contribution in [2.75, 3.05) is 18.0 Å². The molecule has 0 aliphatic carbocycles. The molecule has 11 heteroatoms. The predicted molar refractivity (Wildman–Crippen MR) is 163 cm³/mol. The molecule has 0 aliphatic rings. The summed E-state index contributed by atoms with van der Waals surface area (Å²) < 4.78 is 34.5. The summed E-state index contributed by atoms with van der Waals surface area (Å²) in [6.07, 6.45) is 0.702. The number of nitrogens with one attached hydrogen (secondary N) is 1. The minimum absolute atomic E-state index is 0.0152. The molecule has 0 aliphatic heterocycles. The van der Waals surface area contributed by atoms with Gasteiger partial charge in [-0.15, -0.1) is 0 Å². The van der Waals surface area contributed by atoms with Crippen molar-refractivity contribution in [1.29, 1.82) is 0 Å². The smallest absolute Gasteiger partial charge is 0.264 e. The van der Waals surface area contributed by atoms with Crippen molar-refractivity contribution in [2.45, 2.75) is 57.6 Å². The Bertz CT molecular complexity index is 1480. The highest BCUT2D eigenvalue weighted by Gasteiger charge is 2.34. The number of halogens is 2. The molecule has 220 valence electrons. The van der Waals surface area contributed by atoms with Gasteiger partial charge in [-0.05, 0) is 69.2 Å². The van der Waals surface area contributed by atoms with Crippen LogP contribution in [0.15, 0.2) is 71.6 Å². The number of nitrogens with zero attached hydrogens (tertiary/aromatic N) is 2. The van der Waals surface area contributed by atoms with Crippen LogP contribution in [0.5, 0.6) is 5.75 Å². The van der Waals surface area contributed by atoms with Crippen LogP contribution in [0.25, 0.3) is 0 Å². The van der Waals surface area contributed by atoms with E-state index in [-0.39, 0.29) is 39.8 Å². The maximum Gasteiger partial charge on any atom is 0.264 e. The zero-order chi connectivity index (χ0) is 30.3. The molecule has 0 fully saturated rings. The summed E-state index contributed by atoms with van der Waals surface area (Å²) in [5, 5.41) is 3.58. The maximum absolute atomic E-state index is 14.1. The van der Waals surface area contributed by atoms with Gasteiger partial charge in [0.25, 0.3) is 10.0 Å². The average Bonchev–Trinajstić information content (AvgIpc) is 2.95. The fourth-order valence-electron chi connectivity index (χ4n) is 4.07. The molecule has 0 unspecified atom stereocenters. The fraction of sp³-hybridized carbons (Fsp3) is 0.333. The lowest BCUT2D eigenvalue weighted by atomic mass is 10.1. The van der Waals surface area contributed by atoms with Gasteiger partial charge in [-0.25, -0.2) is 8.42 Å². The normalized spacial score (nSPS) is 12.8. The molecule has 0 bridgehead atoms. The standard InChI is InChI=1S/C30H35Cl2N3O5S/c1-6-21(3)33-30(37)22(4)34(18-23-9-7-8-10-26(23)32)29(36)19-35(27-17-24(31)13-16-28(27)40-5)41(38,39)25-14-11-20(2)12-15-25/h7-17,21-22H,6,18-19H2,1-5H3,(H,33,37)/t21-,22-/m0/s1. The average molecular weight is 621 g/mol. The second-order valence-electron chi connectivity index (χ2n) is 9.75. The number of carbonyl (C=O) groups excluding carboxylic acids is 2. The third kappa shape index (κ3) is 7.93. The zero-order valence-corrected chi connectivity index (χ0v) is 26.1. The molecule has 0 heterocycles. The van der Waals surface area contributed by atoms with E-state index in [0.29, 0.717) is 17.0 Å². The molecule has 3 aromatic rings. The summed E-state index contributed by atoms with van der Waals surface area (Å²) in [4.78, 5) is 28.6. The van der Waals surface area contributed by atoms with Crippen LogP contribution in [0, 0.1) is 6.92 Å². The Morgan fingerprint density at radius 3 is 2.27 bits per heavy atom. The van der Waals surface area contributed by atoms with E-state index in [0.717, 1.165) is 9.87 Å². The molecule has 0 saturated carbocycles. The van der Waals surface area contributed by atoms with Gasteiger partial charge in [0.2, 0.25) is 11.8 Å². The van der Waals surface area contributed by atoms with Crippen LogP contribution in [-0.2, 0) is 26.2 Å². The Morgan fingerprint density at radius 2 is 1.66 bits per heavy atom. The Balaban J connectivity index is 2.11. The second kappa shape index (κ2) is 14.1. The zero-order valence-electron chi connectivity index (χ0n) is 23.7. The van der Waals surface area contributed by atoms with Gasteiger partial charge in [0.15, 0.2) is 0 Å². The SMILES string of the molecule is CC[C@H](C)NC(=O)[C@H](C)N(Cc1ccccc1Cl)C(=O)CN(c1cc(Cl)ccc1OC)S(=O)(=O)c1ccc(C)cc1. The van der Waals surface area contributed by atoms with Crippen molar-refractivity contribution in [1.82, 2.24) is 10.2 Å². The molecule has 8 nitrogen and oxygen atoms in total. The van der Waals surface area contributed by atoms with Crippen molar-refractivity contribution in [3.05, 3.63) is 87.9 Å². The highest BCUT2D eigenvalue weighted by Crippen LogP contribution is 2.35. The quantitative estimate of drug-likeness (QED) is 0.275. The Labute approximate surface area is 252 Å². The van der Waals surface area contributed by atoms with Crippen molar-refractivity contribution in [3.8, 4) is 5.75 Å². The molecule has 41 heavy (non-hydrogen) atoms. The molecule has 3 rings (SSSR count). The third-order valence-electron chi connectivity index (χ3n) is 6.76. The van der Waals surface area contributed by atoms with Crippen LogP contribution in [0.4, 0.5) is 5.69 Å². The summed E-state index contributed by atoms with van der Waals surface area (Å²) in [5.41, 5.74) is 1.57. The molecule has 0 spiro atoms. The second-order valence-corrected chi connectivity index (χ2v) is 12.5. The summed E-state index contributed by atoms with van der Waals surface area (Å²) in [7, 11) is -2.88. The maximum atomic E-state index is 14.1. The first-order valence-corrected chi connectivity index (χ1v) is 15.3. The van der Waals surface area contributed by atoms with Crippen LogP contribution in [0.1, 0.15) is 38.3 Å². The number of hydrogen-bond donors (Lipinski definition) is 1. The van der Waals surface area contributed by atoms with Crippen molar-refractivity contribution >= 4 is 50.7 Å². The van der Waals surface area contributed by atoms with E-state index in [1.165, 1.54) is 36.3 Å². The monoisotopic (exact) mass is 619 g/mol. The number of amides is 2. The number of carbonyl (C=O) groups is 2. The first-order chi connectivity index (χ1) is 19.4. The molecule has 2 atom stereocenters. The van der Waals surface area contributed by atoms with E-state index in [1.807, 2.05) is 20.8 Å². The number of ether oxygens (including phenoxy) is 1. The predicted octanol–water partition coefficient (Wildman–Crippen LogP) is 5.84.